The zero-order valence-electron chi connectivity index (χ0n) is 12.4. The van der Waals surface area contributed by atoms with Crippen molar-refractivity contribution in [2.75, 3.05) is 32.2 Å². The van der Waals surface area contributed by atoms with Crippen LogP contribution in [0.4, 0.5) is 10.1 Å². The second-order valence-corrected chi connectivity index (χ2v) is 4.82. The summed E-state index contributed by atoms with van der Waals surface area (Å²) in [5, 5.41) is 3.21. The third-order valence-electron chi connectivity index (χ3n) is 3.46. The fourth-order valence-corrected chi connectivity index (χ4v) is 1.86. The van der Waals surface area contributed by atoms with Gasteiger partial charge in [0.05, 0.1) is 12.3 Å². The van der Waals surface area contributed by atoms with E-state index in [1.165, 1.54) is 0 Å². The molecule has 0 radical (unpaired) electrons. The van der Waals surface area contributed by atoms with Crippen molar-refractivity contribution < 1.29 is 9.13 Å². The maximum atomic E-state index is 14.1. The minimum absolute atomic E-state index is 0.158. The van der Waals surface area contributed by atoms with E-state index in [-0.39, 0.29) is 5.82 Å². The second-order valence-electron chi connectivity index (χ2n) is 4.82. The summed E-state index contributed by atoms with van der Waals surface area (Å²) in [4.78, 5) is 1.98. The summed E-state index contributed by atoms with van der Waals surface area (Å²) in [5.74, 6) is -0.158. The molecule has 1 aromatic rings. The molecule has 0 saturated carbocycles. The van der Waals surface area contributed by atoms with Gasteiger partial charge >= 0.3 is 0 Å². The number of rotatable bonds is 8. The Labute approximate surface area is 115 Å². The summed E-state index contributed by atoms with van der Waals surface area (Å²) in [7, 11) is 3.60. The van der Waals surface area contributed by atoms with Crippen molar-refractivity contribution in [2.45, 2.75) is 32.9 Å². The molecule has 1 atom stereocenters. The normalized spacial score (nSPS) is 12.5. The minimum Gasteiger partial charge on any atom is -0.383 e. The molecule has 0 aliphatic carbocycles. The molecule has 0 amide bonds. The molecule has 1 unspecified atom stereocenters. The van der Waals surface area contributed by atoms with E-state index in [0.29, 0.717) is 24.9 Å². The SMILES string of the molecule is CCC(C)N(C)c1ccc(CNCCOC)cc1F. The molecule has 19 heavy (non-hydrogen) atoms. The van der Waals surface area contributed by atoms with E-state index in [1.807, 2.05) is 24.1 Å². The maximum absolute atomic E-state index is 14.1. The Hall–Kier alpha value is -1.13. The van der Waals surface area contributed by atoms with Crippen molar-refractivity contribution in [3.63, 3.8) is 0 Å². The Morgan fingerprint density at radius 3 is 2.74 bits per heavy atom. The lowest BCUT2D eigenvalue weighted by Crippen LogP contribution is -2.28. The van der Waals surface area contributed by atoms with Gasteiger partial charge in [0.15, 0.2) is 0 Å². The minimum atomic E-state index is -0.158. The molecular weight excluding hydrogens is 243 g/mol. The maximum Gasteiger partial charge on any atom is 0.146 e. The number of ether oxygens (including phenoxy) is 1. The predicted molar refractivity (Wildman–Crippen MR) is 78.1 cm³/mol. The van der Waals surface area contributed by atoms with E-state index < -0.39 is 0 Å². The van der Waals surface area contributed by atoms with Crippen molar-refractivity contribution in [3.8, 4) is 0 Å². The first-order valence-corrected chi connectivity index (χ1v) is 6.81. The van der Waals surface area contributed by atoms with Crippen molar-refractivity contribution in [2.24, 2.45) is 0 Å². The first-order chi connectivity index (χ1) is 9.10. The van der Waals surface area contributed by atoms with Gasteiger partial charge in [-0.25, -0.2) is 4.39 Å². The Morgan fingerprint density at radius 2 is 2.16 bits per heavy atom. The van der Waals surface area contributed by atoms with Gasteiger partial charge < -0.3 is 15.0 Å². The smallest absolute Gasteiger partial charge is 0.146 e. The van der Waals surface area contributed by atoms with E-state index in [0.717, 1.165) is 18.5 Å². The van der Waals surface area contributed by atoms with Crippen LogP contribution in [0.3, 0.4) is 0 Å². The predicted octanol–water partition coefficient (Wildman–Crippen LogP) is 2.80. The molecule has 1 rings (SSSR count). The largest absolute Gasteiger partial charge is 0.383 e. The summed E-state index contributed by atoms with van der Waals surface area (Å²) in [6.07, 6.45) is 0.996. The van der Waals surface area contributed by atoms with E-state index in [1.54, 1.807) is 13.2 Å². The fraction of sp³-hybridized carbons (Fsp3) is 0.600. The van der Waals surface area contributed by atoms with Crippen LogP contribution in [0.5, 0.6) is 0 Å². The lowest BCUT2D eigenvalue weighted by atomic mass is 10.1. The monoisotopic (exact) mass is 268 g/mol. The first-order valence-electron chi connectivity index (χ1n) is 6.81. The van der Waals surface area contributed by atoms with Crippen molar-refractivity contribution in [1.29, 1.82) is 0 Å². The van der Waals surface area contributed by atoms with Crippen LogP contribution in [-0.4, -0.2) is 33.4 Å². The Morgan fingerprint density at radius 1 is 1.42 bits per heavy atom. The van der Waals surface area contributed by atoms with Crippen LogP contribution >= 0.6 is 0 Å². The van der Waals surface area contributed by atoms with Gasteiger partial charge in [0, 0.05) is 33.3 Å². The number of benzene rings is 1. The summed E-state index contributed by atoms with van der Waals surface area (Å²) >= 11 is 0. The molecule has 0 aliphatic rings. The number of hydrogen-bond donors (Lipinski definition) is 1. The molecule has 0 bridgehead atoms. The van der Waals surface area contributed by atoms with Crippen LogP contribution in [0.1, 0.15) is 25.8 Å². The molecule has 0 heterocycles. The highest BCUT2D eigenvalue weighted by Gasteiger charge is 2.12. The molecule has 0 aromatic heterocycles. The van der Waals surface area contributed by atoms with Gasteiger partial charge in [0.25, 0.3) is 0 Å². The highest BCUT2D eigenvalue weighted by Crippen LogP contribution is 2.22. The number of nitrogens with zero attached hydrogens (tertiary/aromatic N) is 1. The molecule has 1 aromatic carbocycles. The van der Waals surface area contributed by atoms with Gasteiger partial charge in [-0.1, -0.05) is 13.0 Å². The van der Waals surface area contributed by atoms with Gasteiger partial charge in [0.1, 0.15) is 5.82 Å². The number of methoxy groups -OCH3 is 1. The third kappa shape index (κ3) is 4.80. The highest BCUT2D eigenvalue weighted by molar-refractivity contribution is 5.49. The molecule has 0 fully saturated rings. The van der Waals surface area contributed by atoms with Gasteiger partial charge in [0.2, 0.25) is 0 Å². The van der Waals surface area contributed by atoms with E-state index in [2.05, 4.69) is 19.2 Å². The van der Waals surface area contributed by atoms with Crippen LogP contribution in [-0.2, 0) is 11.3 Å². The second kappa shape index (κ2) is 8.12. The number of nitrogens with one attached hydrogen (secondary N) is 1. The molecule has 0 saturated heterocycles. The average Bonchev–Trinajstić information content (AvgIpc) is 2.42. The summed E-state index contributed by atoms with van der Waals surface area (Å²) in [6, 6.07) is 5.76. The molecule has 3 nitrogen and oxygen atoms in total. The molecule has 1 N–H and O–H groups in total. The Balaban J connectivity index is 2.63. The lowest BCUT2D eigenvalue weighted by molar-refractivity contribution is 0.199. The number of halogens is 1. The van der Waals surface area contributed by atoms with E-state index in [9.17, 15) is 4.39 Å². The van der Waals surface area contributed by atoms with Crippen LogP contribution in [0.25, 0.3) is 0 Å². The fourth-order valence-electron chi connectivity index (χ4n) is 1.86. The lowest BCUT2D eigenvalue weighted by Gasteiger charge is -2.26. The van der Waals surface area contributed by atoms with Gasteiger partial charge in [-0.2, -0.15) is 0 Å². The Kier molecular flexibility index (Phi) is 6.81. The summed E-state index contributed by atoms with van der Waals surface area (Å²) in [6.45, 7) is 6.30. The molecule has 108 valence electrons. The van der Waals surface area contributed by atoms with Crippen molar-refractivity contribution in [1.82, 2.24) is 5.32 Å². The topological polar surface area (TPSA) is 24.5 Å². The first kappa shape index (κ1) is 15.9. The van der Waals surface area contributed by atoms with Crippen LogP contribution < -0.4 is 10.2 Å². The van der Waals surface area contributed by atoms with Crippen molar-refractivity contribution >= 4 is 5.69 Å². The van der Waals surface area contributed by atoms with Crippen LogP contribution in [0, 0.1) is 5.82 Å². The zero-order valence-corrected chi connectivity index (χ0v) is 12.4. The highest BCUT2D eigenvalue weighted by atomic mass is 19.1. The number of hydrogen-bond acceptors (Lipinski definition) is 3. The van der Waals surface area contributed by atoms with Crippen LogP contribution in [0.15, 0.2) is 18.2 Å². The van der Waals surface area contributed by atoms with Crippen molar-refractivity contribution in [3.05, 3.63) is 29.6 Å². The summed E-state index contributed by atoms with van der Waals surface area (Å²) < 4.78 is 19.0. The van der Waals surface area contributed by atoms with Crippen LogP contribution in [0.2, 0.25) is 0 Å². The van der Waals surface area contributed by atoms with E-state index in [4.69, 9.17) is 4.74 Å². The van der Waals surface area contributed by atoms with Gasteiger partial charge in [-0.15, -0.1) is 0 Å². The molecule has 4 heteroatoms. The summed E-state index contributed by atoms with van der Waals surface area (Å²) in [5.41, 5.74) is 1.62. The van der Waals surface area contributed by atoms with Gasteiger partial charge in [-0.05, 0) is 31.0 Å². The molecule has 0 aliphatic heterocycles. The van der Waals surface area contributed by atoms with Gasteiger partial charge in [-0.3, -0.25) is 0 Å². The zero-order chi connectivity index (χ0) is 14.3. The Bertz CT molecular complexity index is 384. The average molecular weight is 268 g/mol. The standard InChI is InChI=1S/C15H25FN2O/c1-5-12(2)18(3)15-7-6-13(10-14(15)16)11-17-8-9-19-4/h6-7,10,12,17H,5,8-9,11H2,1-4H3. The molecule has 0 spiro atoms. The van der Waals surface area contributed by atoms with E-state index >= 15 is 0 Å². The quantitative estimate of drug-likeness (QED) is 0.734. The molecular formula is C15H25FN2O. The third-order valence-corrected chi connectivity index (χ3v) is 3.46. The number of anilines is 1.